The van der Waals surface area contributed by atoms with E-state index in [0.717, 1.165) is 6.42 Å². The Hall–Kier alpha value is -1.11. The fraction of sp³-hybridized carbons (Fsp3) is 0.571. The Morgan fingerprint density at radius 1 is 1.25 bits per heavy atom. The molecule has 0 aliphatic carbocycles. The molecule has 1 aromatic rings. The maximum Gasteiger partial charge on any atom is 0.242 e. The van der Waals surface area contributed by atoms with Gasteiger partial charge in [0.25, 0.3) is 0 Å². The van der Waals surface area contributed by atoms with Gasteiger partial charge in [0.15, 0.2) is 0 Å². The molecule has 20 heavy (non-hydrogen) atoms. The highest BCUT2D eigenvalue weighted by Crippen LogP contribution is 2.24. The van der Waals surface area contributed by atoms with Crippen LogP contribution in [0.25, 0.3) is 0 Å². The number of sulfonamides is 1. The molecule has 0 aliphatic heterocycles. The molecule has 6 heteroatoms. The summed E-state index contributed by atoms with van der Waals surface area (Å²) in [6.07, 6.45) is 0.754. The van der Waals surface area contributed by atoms with E-state index >= 15 is 0 Å². The molecule has 5 nitrogen and oxygen atoms in total. The van der Waals surface area contributed by atoms with Crippen LogP contribution in [0, 0.1) is 0 Å². The van der Waals surface area contributed by atoms with E-state index in [-0.39, 0.29) is 10.4 Å². The van der Waals surface area contributed by atoms with Crippen LogP contribution in [-0.2, 0) is 14.8 Å². The number of para-hydroxylation sites is 1. The smallest absolute Gasteiger partial charge is 0.242 e. The van der Waals surface area contributed by atoms with E-state index in [4.69, 9.17) is 4.74 Å². The molecule has 0 radical (unpaired) electrons. The van der Waals surface area contributed by atoms with Crippen molar-refractivity contribution in [2.24, 2.45) is 0 Å². The van der Waals surface area contributed by atoms with Crippen molar-refractivity contribution in [1.82, 2.24) is 4.72 Å². The average Bonchev–Trinajstić information content (AvgIpc) is 2.36. The lowest BCUT2D eigenvalue weighted by Gasteiger charge is -2.27. The topological polar surface area (TPSA) is 67.4 Å². The molecule has 0 spiro atoms. The summed E-state index contributed by atoms with van der Waals surface area (Å²) in [6, 6.07) is 6.89. The molecule has 2 N–H and O–H groups in total. The summed E-state index contributed by atoms with van der Waals surface area (Å²) >= 11 is 0. The Balaban J connectivity index is 3.05. The summed E-state index contributed by atoms with van der Waals surface area (Å²) in [5, 5.41) is 3.23. The molecule has 0 atom stereocenters. The molecular formula is C14H24N2O3S. The fourth-order valence-electron chi connectivity index (χ4n) is 1.88. The largest absolute Gasteiger partial charge is 0.382 e. The van der Waals surface area contributed by atoms with Gasteiger partial charge < -0.3 is 10.1 Å². The van der Waals surface area contributed by atoms with Gasteiger partial charge in [0.2, 0.25) is 10.0 Å². The predicted molar refractivity (Wildman–Crippen MR) is 81.5 cm³/mol. The van der Waals surface area contributed by atoms with Gasteiger partial charge in [0.1, 0.15) is 4.90 Å². The Morgan fingerprint density at radius 2 is 1.90 bits per heavy atom. The fourth-order valence-corrected chi connectivity index (χ4v) is 3.17. The van der Waals surface area contributed by atoms with Crippen LogP contribution in [0.1, 0.15) is 27.2 Å². The third kappa shape index (κ3) is 4.77. The van der Waals surface area contributed by atoms with Crippen LogP contribution < -0.4 is 10.0 Å². The second kappa shape index (κ2) is 7.06. The highest BCUT2D eigenvalue weighted by atomic mass is 32.2. The van der Waals surface area contributed by atoms with Crippen LogP contribution in [0.5, 0.6) is 0 Å². The predicted octanol–water partition coefficient (Wildman–Crippen LogP) is 2.21. The van der Waals surface area contributed by atoms with E-state index < -0.39 is 10.0 Å². The lowest BCUT2D eigenvalue weighted by Crippen LogP contribution is -2.37. The van der Waals surface area contributed by atoms with Crippen LogP contribution in [0.15, 0.2) is 29.2 Å². The van der Waals surface area contributed by atoms with E-state index in [1.165, 1.54) is 0 Å². The summed E-state index contributed by atoms with van der Waals surface area (Å²) in [5.74, 6) is 0. The Morgan fingerprint density at radius 3 is 2.50 bits per heavy atom. The Labute approximate surface area is 121 Å². The minimum absolute atomic E-state index is 0.262. The van der Waals surface area contributed by atoms with Crippen molar-refractivity contribution < 1.29 is 13.2 Å². The monoisotopic (exact) mass is 300 g/mol. The quantitative estimate of drug-likeness (QED) is 0.772. The summed E-state index contributed by atoms with van der Waals surface area (Å²) in [6.45, 7) is 6.75. The number of hydrogen-bond donors (Lipinski definition) is 2. The third-order valence-corrected chi connectivity index (χ3v) is 4.22. The third-order valence-electron chi connectivity index (χ3n) is 2.70. The first kappa shape index (κ1) is 16.9. The molecule has 0 saturated carbocycles. The molecule has 0 unspecified atom stereocenters. The molecule has 114 valence electrons. The summed E-state index contributed by atoms with van der Waals surface area (Å²) < 4.78 is 32.3. The first-order valence-corrected chi connectivity index (χ1v) is 8.16. The first-order chi connectivity index (χ1) is 9.32. The molecule has 0 fully saturated rings. The molecular weight excluding hydrogens is 276 g/mol. The van der Waals surface area contributed by atoms with Gasteiger partial charge in [0, 0.05) is 13.7 Å². The summed E-state index contributed by atoms with van der Waals surface area (Å²) in [5.41, 5.74) is 0.226. The number of hydrogen-bond acceptors (Lipinski definition) is 4. The van der Waals surface area contributed by atoms with Crippen LogP contribution in [0.4, 0.5) is 5.69 Å². The second-order valence-corrected chi connectivity index (χ2v) is 7.07. The molecule has 1 aromatic carbocycles. The highest BCUT2D eigenvalue weighted by molar-refractivity contribution is 7.89. The van der Waals surface area contributed by atoms with Gasteiger partial charge in [-0.05, 0) is 32.4 Å². The van der Waals surface area contributed by atoms with Gasteiger partial charge >= 0.3 is 0 Å². The van der Waals surface area contributed by atoms with E-state index in [0.29, 0.717) is 18.8 Å². The van der Waals surface area contributed by atoms with Crippen LogP contribution in [-0.4, -0.2) is 34.2 Å². The molecule has 0 aliphatic rings. The number of ether oxygens (including phenoxy) is 1. The van der Waals surface area contributed by atoms with Crippen molar-refractivity contribution in [3.8, 4) is 0 Å². The van der Waals surface area contributed by atoms with Crippen molar-refractivity contribution in [3.63, 3.8) is 0 Å². The number of nitrogens with one attached hydrogen (secondary N) is 2. The minimum atomic E-state index is -3.49. The molecule has 0 bridgehead atoms. The molecule has 0 saturated heterocycles. The molecule has 0 amide bonds. The van der Waals surface area contributed by atoms with Gasteiger partial charge in [0.05, 0.1) is 17.8 Å². The number of benzene rings is 1. The van der Waals surface area contributed by atoms with Crippen molar-refractivity contribution >= 4 is 15.7 Å². The zero-order valence-corrected chi connectivity index (χ0v) is 13.4. The number of methoxy groups -OCH3 is 1. The Kier molecular flexibility index (Phi) is 5.98. The Bertz CT molecular complexity index is 527. The molecule has 0 aromatic heterocycles. The van der Waals surface area contributed by atoms with Crippen molar-refractivity contribution in [3.05, 3.63) is 24.3 Å². The van der Waals surface area contributed by atoms with E-state index in [9.17, 15) is 8.42 Å². The van der Waals surface area contributed by atoms with Gasteiger partial charge in [-0.15, -0.1) is 0 Å². The maximum atomic E-state index is 12.3. The standard InChI is InChI=1S/C14H24N2O3S/c1-5-10-15-20(17,18)13-9-7-6-8-12(13)16-14(2,3)11-19-4/h6-9,15-16H,5,10-11H2,1-4H3. The SMILES string of the molecule is CCCNS(=O)(=O)c1ccccc1NC(C)(C)COC. The summed E-state index contributed by atoms with van der Waals surface area (Å²) in [7, 11) is -1.87. The second-order valence-electron chi connectivity index (χ2n) is 5.34. The van der Waals surface area contributed by atoms with Gasteiger partial charge in [-0.1, -0.05) is 19.1 Å². The van der Waals surface area contributed by atoms with E-state index in [1.807, 2.05) is 26.8 Å². The zero-order chi connectivity index (χ0) is 15.2. The van der Waals surface area contributed by atoms with Gasteiger partial charge in [-0.25, -0.2) is 13.1 Å². The van der Waals surface area contributed by atoms with Crippen LogP contribution in [0.3, 0.4) is 0 Å². The van der Waals surface area contributed by atoms with Crippen molar-refractivity contribution in [1.29, 1.82) is 0 Å². The van der Waals surface area contributed by atoms with E-state index in [1.54, 1.807) is 25.3 Å². The van der Waals surface area contributed by atoms with Gasteiger partial charge in [-0.3, -0.25) is 0 Å². The van der Waals surface area contributed by atoms with Crippen LogP contribution in [0.2, 0.25) is 0 Å². The average molecular weight is 300 g/mol. The normalized spacial score (nSPS) is 12.4. The van der Waals surface area contributed by atoms with E-state index in [2.05, 4.69) is 10.0 Å². The number of anilines is 1. The highest BCUT2D eigenvalue weighted by Gasteiger charge is 2.23. The first-order valence-electron chi connectivity index (χ1n) is 6.68. The molecule has 1 rings (SSSR count). The zero-order valence-electron chi connectivity index (χ0n) is 12.6. The van der Waals surface area contributed by atoms with Crippen molar-refractivity contribution in [2.75, 3.05) is 25.6 Å². The summed E-state index contributed by atoms with van der Waals surface area (Å²) in [4.78, 5) is 0.262. The maximum absolute atomic E-state index is 12.3. The molecule has 0 heterocycles. The van der Waals surface area contributed by atoms with Gasteiger partial charge in [-0.2, -0.15) is 0 Å². The van der Waals surface area contributed by atoms with Crippen LogP contribution >= 0.6 is 0 Å². The number of rotatable bonds is 8. The minimum Gasteiger partial charge on any atom is -0.382 e. The van der Waals surface area contributed by atoms with Crippen molar-refractivity contribution in [2.45, 2.75) is 37.6 Å². The lowest BCUT2D eigenvalue weighted by molar-refractivity contribution is 0.158. The lowest BCUT2D eigenvalue weighted by atomic mass is 10.1.